The van der Waals surface area contributed by atoms with Gasteiger partial charge in [-0.1, -0.05) is 91.0 Å². The van der Waals surface area contributed by atoms with Crippen LogP contribution in [0.15, 0.2) is 114 Å². The number of likely N-dealkylation sites (N-methyl/N-ethyl adjacent to an activating group) is 1. The lowest BCUT2D eigenvalue weighted by atomic mass is 10.0. The van der Waals surface area contributed by atoms with Gasteiger partial charge in [-0.25, -0.2) is 8.42 Å². The SMILES string of the molecule is CCNC(=O)C(Cc1ccccc1)N(Cc1ccccc1C)C(=O)CN(c1ccccc1C)S(=O)(=O)c1ccccc1. The van der Waals surface area contributed by atoms with Crippen molar-refractivity contribution in [2.75, 3.05) is 17.4 Å². The largest absolute Gasteiger partial charge is 0.355 e. The van der Waals surface area contributed by atoms with Crippen LogP contribution in [0.25, 0.3) is 0 Å². The lowest BCUT2D eigenvalue weighted by Crippen LogP contribution is -2.53. The third-order valence-corrected chi connectivity index (χ3v) is 8.99. The van der Waals surface area contributed by atoms with E-state index in [0.29, 0.717) is 17.8 Å². The van der Waals surface area contributed by atoms with Crippen LogP contribution in [0.5, 0.6) is 0 Å². The lowest BCUT2D eigenvalue weighted by molar-refractivity contribution is -0.140. The standard InChI is InChI=1S/C34H37N3O4S/c1-4-35-34(39)32(23-28-17-7-5-8-18-28)36(24-29-19-13-11-15-26(29)2)33(38)25-37(31-22-14-12-16-27(31)3)42(40,41)30-20-9-6-10-21-30/h5-22,32H,4,23-25H2,1-3H3,(H,35,39). The number of aryl methyl sites for hydroxylation is 2. The molecule has 8 heteroatoms. The minimum absolute atomic E-state index is 0.0797. The summed E-state index contributed by atoms with van der Waals surface area (Å²) < 4.78 is 29.2. The molecule has 0 bridgehead atoms. The molecule has 0 spiro atoms. The Bertz CT molecular complexity index is 1610. The van der Waals surface area contributed by atoms with Crippen LogP contribution < -0.4 is 9.62 Å². The van der Waals surface area contributed by atoms with Crippen molar-refractivity contribution in [3.05, 3.63) is 131 Å². The van der Waals surface area contributed by atoms with Gasteiger partial charge in [-0.3, -0.25) is 13.9 Å². The zero-order valence-electron chi connectivity index (χ0n) is 24.2. The van der Waals surface area contributed by atoms with Crippen LogP contribution in [-0.4, -0.2) is 44.3 Å². The average Bonchev–Trinajstić information content (AvgIpc) is 3.00. The van der Waals surface area contributed by atoms with Gasteiger partial charge in [-0.05, 0) is 61.2 Å². The Morgan fingerprint density at radius 3 is 1.95 bits per heavy atom. The number of benzene rings is 4. The van der Waals surface area contributed by atoms with Gasteiger partial charge in [0.25, 0.3) is 10.0 Å². The molecular formula is C34H37N3O4S. The van der Waals surface area contributed by atoms with Crippen molar-refractivity contribution < 1.29 is 18.0 Å². The van der Waals surface area contributed by atoms with Crippen molar-refractivity contribution in [2.24, 2.45) is 0 Å². The van der Waals surface area contributed by atoms with E-state index >= 15 is 0 Å². The minimum Gasteiger partial charge on any atom is -0.355 e. The number of amides is 2. The number of anilines is 1. The summed E-state index contributed by atoms with van der Waals surface area (Å²) in [5, 5.41) is 2.89. The first-order chi connectivity index (χ1) is 20.2. The highest BCUT2D eigenvalue weighted by Crippen LogP contribution is 2.27. The molecule has 218 valence electrons. The first-order valence-corrected chi connectivity index (χ1v) is 15.5. The van der Waals surface area contributed by atoms with Gasteiger partial charge >= 0.3 is 0 Å². The number of nitrogens with zero attached hydrogens (tertiary/aromatic N) is 2. The van der Waals surface area contributed by atoms with Crippen LogP contribution in [0.3, 0.4) is 0 Å². The Balaban J connectivity index is 1.81. The predicted molar refractivity (Wildman–Crippen MR) is 166 cm³/mol. The van der Waals surface area contributed by atoms with Gasteiger partial charge in [0, 0.05) is 19.5 Å². The van der Waals surface area contributed by atoms with Crippen molar-refractivity contribution >= 4 is 27.5 Å². The number of rotatable bonds is 12. The molecule has 0 aliphatic heterocycles. The number of carbonyl (C=O) groups is 2. The summed E-state index contributed by atoms with van der Waals surface area (Å²) in [5.74, 6) is -0.773. The Hall–Kier alpha value is -4.43. The van der Waals surface area contributed by atoms with Crippen molar-refractivity contribution in [3.63, 3.8) is 0 Å². The van der Waals surface area contributed by atoms with E-state index in [0.717, 1.165) is 21.0 Å². The highest BCUT2D eigenvalue weighted by molar-refractivity contribution is 7.92. The molecule has 0 aliphatic rings. The second kappa shape index (κ2) is 14.0. The summed E-state index contributed by atoms with van der Waals surface area (Å²) in [6, 6.07) is 31.5. The second-order valence-corrected chi connectivity index (χ2v) is 12.0. The number of carbonyl (C=O) groups excluding carboxylic acids is 2. The molecule has 0 heterocycles. The molecule has 0 aromatic heterocycles. The van der Waals surface area contributed by atoms with E-state index in [2.05, 4.69) is 5.32 Å². The zero-order chi connectivity index (χ0) is 30.1. The van der Waals surface area contributed by atoms with E-state index in [-0.39, 0.29) is 23.8 Å². The molecule has 1 N–H and O–H groups in total. The zero-order valence-corrected chi connectivity index (χ0v) is 25.1. The molecule has 0 aliphatic carbocycles. The van der Waals surface area contributed by atoms with Gasteiger partial charge in [0.2, 0.25) is 11.8 Å². The summed E-state index contributed by atoms with van der Waals surface area (Å²) in [7, 11) is -4.12. The molecular weight excluding hydrogens is 546 g/mol. The molecule has 42 heavy (non-hydrogen) atoms. The average molecular weight is 584 g/mol. The van der Waals surface area contributed by atoms with Crippen molar-refractivity contribution in [2.45, 2.75) is 44.7 Å². The number of sulfonamides is 1. The summed E-state index contributed by atoms with van der Waals surface area (Å²) in [6.45, 7) is 5.67. The molecule has 0 saturated carbocycles. The molecule has 4 aromatic carbocycles. The highest BCUT2D eigenvalue weighted by Gasteiger charge is 2.35. The molecule has 1 atom stereocenters. The molecule has 1 unspecified atom stereocenters. The fraction of sp³-hybridized carbons (Fsp3) is 0.235. The summed E-state index contributed by atoms with van der Waals surface area (Å²) in [4.78, 5) is 29.6. The van der Waals surface area contributed by atoms with Gasteiger partial charge in [0.1, 0.15) is 12.6 Å². The maximum absolute atomic E-state index is 14.4. The van der Waals surface area contributed by atoms with Crippen LogP contribution in [0.4, 0.5) is 5.69 Å². The molecule has 4 aromatic rings. The highest BCUT2D eigenvalue weighted by atomic mass is 32.2. The van der Waals surface area contributed by atoms with E-state index < -0.39 is 28.5 Å². The van der Waals surface area contributed by atoms with Gasteiger partial charge in [0.05, 0.1) is 10.6 Å². The molecule has 0 radical (unpaired) electrons. The summed E-state index contributed by atoms with van der Waals surface area (Å²) in [6.07, 6.45) is 0.278. The number of hydrogen-bond acceptors (Lipinski definition) is 4. The van der Waals surface area contributed by atoms with Gasteiger partial charge in [0.15, 0.2) is 0 Å². The van der Waals surface area contributed by atoms with E-state index in [4.69, 9.17) is 0 Å². The van der Waals surface area contributed by atoms with Crippen molar-refractivity contribution in [1.29, 1.82) is 0 Å². The van der Waals surface area contributed by atoms with Gasteiger partial charge < -0.3 is 10.2 Å². The van der Waals surface area contributed by atoms with E-state index in [9.17, 15) is 18.0 Å². The van der Waals surface area contributed by atoms with Gasteiger partial charge in [-0.15, -0.1) is 0 Å². The Labute approximate surface area is 248 Å². The van der Waals surface area contributed by atoms with Crippen LogP contribution in [0, 0.1) is 13.8 Å². The maximum atomic E-state index is 14.4. The Morgan fingerprint density at radius 2 is 1.33 bits per heavy atom. The third kappa shape index (κ3) is 7.25. The van der Waals surface area contributed by atoms with E-state index in [1.165, 1.54) is 17.0 Å². The molecule has 2 amide bonds. The fourth-order valence-corrected chi connectivity index (χ4v) is 6.39. The molecule has 0 saturated heterocycles. The van der Waals surface area contributed by atoms with Crippen LogP contribution in [0.1, 0.15) is 29.2 Å². The normalized spacial score (nSPS) is 11.9. The molecule has 4 rings (SSSR count). The Kier molecular flexibility index (Phi) is 10.1. The quantitative estimate of drug-likeness (QED) is 0.246. The van der Waals surface area contributed by atoms with Crippen LogP contribution in [-0.2, 0) is 32.6 Å². The summed E-state index contributed by atoms with van der Waals surface area (Å²) >= 11 is 0. The number of para-hydroxylation sites is 1. The molecule has 7 nitrogen and oxygen atoms in total. The van der Waals surface area contributed by atoms with Gasteiger partial charge in [-0.2, -0.15) is 0 Å². The third-order valence-electron chi connectivity index (χ3n) is 7.22. The lowest BCUT2D eigenvalue weighted by Gasteiger charge is -2.34. The first kappa shape index (κ1) is 30.5. The van der Waals surface area contributed by atoms with Crippen molar-refractivity contribution in [1.82, 2.24) is 10.2 Å². The second-order valence-electron chi connectivity index (χ2n) is 10.2. The van der Waals surface area contributed by atoms with Crippen LogP contribution >= 0.6 is 0 Å². The summed E-state index contributed by atoms with van der Waals surface area (Å²) in [5.41, 5.74) is 3.85. The smallest absolute Gasteiger partial charge is 0.264 e. The minimum atomic E-state index is -4.12. The van der Waals surface area contributed by atoms with Crippen LogP contribution in [0.2, 0.25) is 0 Å². The van der Waals surface area contributed by atoms with E-state index in [1.807, 2.05) is 87.5 Å². The Morgan fingerprint density at radius 1 is 0.762 bits per heavy atom. The maximum Gasteiger partial charge on any atom is 0.264 e. The van der Waals surface area contributed by atoms with Crippen molar-refractivity contribution in [3.8, 4) is 0 Å². The topological polar surface area (TPSA) is 86.8 Å². The predicted octanol–water partition coefficient (Wildman–Crippen LogP) is 5.27. The molecule has 0 fully saturated rings. The number of hydrogen-bond donors (Lipinski definition) is 1. The first-order valence-electron chi connectivity index (χ1n) is 14.0. The fourth-order valence-electron chi connectivity index (χ4n) is 4.89. The monoisotopic (exact) mass is 583 g/mol. The number of nitrogens with one attached hydrogen (secondary N) is 1. The van der Waals surface area contributed by atoms with E-state index in [1.54, 1.807) is 30.3 Å².